The third-order valence-electron chi connectivity index (χ3n) is 5.82. The molecule has 8 heteroatoms. The summed E-state index contributed by atoms with van der Waals surface area (Å²) in [5.74, 6) is 2.70. The van der Waals surface area contributed by atoms with Crippen molar-refractivity contribution >= 4 is 29.0 Å². The van der Waals surface area contributed by atoms with Crippen LogP contribution in [0, 0.1) is 5.92 Å². The van der Waals surface area contributed by atoms with Crippen molar-refractivity contribution in [3.05, 3.63) is 46.3 Å². The molecule has 6 nitrogen and oxygen atoms in total. The number of aryl methyl sites for hydroxylation is 1. The minimum absolute atomic E-state index is 0.0438. The SMILES string of the molecule is CCC1CCc2sc(-c3nnc(SCC(=O)NCc4ccccc4OC)n3C)cc2C1. The van der Waals surface area contributed by atoms with Gasteiger partial charge in [0.15, 0.2) is 11.0 Å². The monoisotopic (exact) mass is 456 g/mol. The van der Waals surface area contributed by atoms with Gasteiger partial charge in [0.2, 0.25) is 5.91 Å². The van der Waals surface area contributed by atoms with E-state index in [1.54, 1.807) is 7.11 Å². The molecule has 1 amide bonds. The largest absolute Gasteiger partial charge is 0.496 e. The normalized spacial score (nSPS) is 15.5. The molecule has 2 aromatic heterocycles. The fraction of sp³-hybridized carbons (Fsp3) is 0.435. The molecule has 1 atom stereocenters. The van der Waals surface area contributed by atoms with Gasteiger partial charge in [-0.3, -0.25) is 4.79 Å². The number of benzene rings is 1. The number of thioether (sulfide) groups is 1. The van der Waals surface area contributed by atoms with Crippen LogP contribution in [0.1, 0.15) is 35.8 Å². The minimum Gasteiger partial charge on any atom is -0.496 e. The third-order valence-corrected chi connectivity index (χ3v) is 8.07. The smallest absolute Gasteiger partial charge is 0.230 e. The first-order valence-corrected chi connectivity index (χ1v) is 12.4. The molecule has 0 radical (unpaired) electrons. The molecular weight excluding hydrogens is 428 g/mol. The van der Waals surface area contributed by atoms with Gasteiger partial charge in [-0.05, 0) is 42.9 Å². The van der Waals surface area contributed by atoms with Crippen LogP contribution in [0.4, 0.5) is 0 Å². The van der Waals surface area contributed by atoms with Gasteiger partial charge in [-0.2, -0.15) is 0 Å². The van der Waals surface area contributed by atoms with Gasteiger partial charge in [-0.25, -0.2) is 0 Å². The van der Waals surface area contributed by atoms with E-state index in [9.17, 15) is 4.79 Å². The maximum absolute atomic E-state index is 12.3. The van der Waals surface area contributed by atoms with Crippen LogP contribution in [0.5, 0.6) is 5.75 Å². The van der Waals surface area contributed by atoms with E-state index in [0.717, 1.165) is 28.2 Å². The lowest BCUT2D eigenvalue weighted by atomic mass is 9.87. The number of methoxy groups -OCH3 is 1. The van der Waals surface area contributed by atoms with Crippen LogP contribution in [0.3, 0.4) is 0 Å². The molecule has 1 aromatic carbocycles. The summed E-state index contributed by atoms with van der Waals surface area (Å²) < 4.78 is 7.33. The molecule has 2 heterocycles. The molecule has 31 heavy (non-hydrogen) atoms. The van der Waals surface area contributed by atoms with Gasteiger partial charge in [-0.1, -0.05) is 43.3 Å². The van der Waals surface area contributed by atoms with Crippen LogP contribution in [0.2, 0.25) is 0 Å². The molecule has 0 saturated heterocycles. The molecule has 1 aliphatic rings. The lowest BCUT2D eigenvalue weighted by molar-refractivity contribution is -0.118. The Morgan fingerprint density at radius 2 is 2.19 bits per heavy atom. The van der Waals surface area contributed by atoms with Crippen LogP contribution in [-0.2, 0) is 31.2 Å². The average Bonchev–Trinajstić information content (AvgIpc) is 3.38. The summed E-state index contributed by atoms with van der Waals surface area (Å²) in [5.41, 5.74) is 2.43. The highest BCUT2D eigenvalue weighted by molar-refractivity contribution is 7.99. The van der Waals surface area contributed by atoms with Gasteiger partial charge in [0, 0.05) is 24.0 Å². The highest BCUT2D eigenvalue weighted by Crippen LogP contribution is 2.38. The molecule has 1 N–H and O–H groups in total. The number of amides is 1. The summed E-state index contributed by atoms with van der Waals surface area (Å²) in [6, 6.07) is 9.98. The first-order valence-electron chi connectivity index (χ1n) is 10.6. The van der Waals surface area contributed by atoms with E-state index >= 15 is 0 Å². The van der Waals surface area contributed by atoms with Crippen molar-refractivity contribution in [3.8, 4) is 16.5 Å². The van der Waals surface area contributed by atoms with Crippen LogP contribution in [-0.4, -0.2) is 33.5 Å². The summed E-state index contributed by atoms with van der Waals surface area (Å²) in [6.45, 7) is 2.72. The Morgan fingerprint density at radius 3 is 3.00 bits per heavy atom. The molecule has 1 aliphatic carbocycles. The van der Waals surface area contributed by atoms with Gasteiger partial charge in [0.1, 0.15) is 5.75 Å². The number of hydrogen-bond donors (Lipinski definition) is 1. The molecule has 0 bridgehead atoms. The van der Waals surface area contributed by atoms with Crippen LogP contribution < -0.4 is 10.1 Å². The average molecular weight is 457 g/mol. The summed E-state index contributed by atoms with van der Waals surface area (Å²) >= 11 is 3.24. The Bertz CT molecular complexity index is 1060. The second kappa shape index (κ2) is 9.87. The van der Waals surface area contributed by atoms with Crippen molar-refractivity contribution in [2.75, 3.05) is 12.9 Å². The first kappa shape index (κ1) is 21.9. The third kappa shape index (κ3) is 4.96. The molecule has 0 aliphatic heterocycles. The number of para-hydroxylation sites is 1. The highest BCUT2D eigenvalue weighted by Gasteiger charge is 2.22. The van der Waals surface area contributed by atoms with Crippen molar-refractivity contribution in [1.82, 2.24) is 20.1 Å². The van der Waals surface area contributed by atoms with Crippen LogP contribution in [0.25, 0.3) is 10.7 Å². The van der Waals surface area contributed by atoms with E-state index < -0.39 is 0 Å². The van der Waals surface area contributed by atoms with Crippen molar-refractivity contribution in [2.24, 2.45) is 13.0 Å². The molecule has 164 valence electrons. The number of ether oxygens (including phenoxy) is 1. The molecule has 0 spiro atoms. The lowest BCUT2D eigenvalue weighted by Gasteiger charge is -2.19. The van der Waals surface area contributed by atoms with Crippen molar-refractivity contribution < 1.29 is 9.53 Å². The second-order valence-corrected chi connectivity index (χ2v) is 9.90. The zero-order chi connectivity index (χ0) is 21.8. The van der Waals surface area contributed by atoms with Gasteiger partial charge in [-0.15, -0.1) is 21.5 Å². The number of nitrogens with one attached hydrogen (secondary N) is 1. The maximum atomic E-state index is 12.3. The Morgan fingerprint density at radius 1 is 1.35 bits per heavy atom. The van der Waals surface area contributed by atoms with Crippen LogP contribution in [0.15, 0.2) is 35.5 Å². The Labute approximate surface area is 191 Å². The number of carbonyl (C=O) groups is 1. The quantitative estimate of drug-likeness (QED) is 0.506. The van der Waals surface area contributed by atoms with Crippen LogP contribution >= 0.6 is 23.1 Å². The summed E-state index contributed by atoms with van der Waals surface area (Å²) in [4.78, 5) is 15.0. The Kier molecular flexibility index (Phi) is 6.97. The summed E-state index contributed by atoms with van der Waals surface area (Å²) in [6.07, 6.45) is 4.88. The number of nitrogens with zero attached hydrogens (tertiary/aromatic N) is 3. The van der Waals surface area contributed by atoms with Gasteiger partial charge < -0.3 is 14.6 Å². The maximum Gasteiger partial charge on any atom is 0.230 e. The second-order valence-electron chi connectivity index (χ2n) is 7.82. The number of hydrogen-bond acceptors (Lipinski definition) is 6. The first-order chi connectivity index (χ1) is 15.1. The standard InChI is InChI=1S/C23H28N4O2S2/c1-4-15-9-10-19-17(11-15)12-20(31-19)22-25-26-23(27(22)2)30-14-21(28)24-13-16-7-5-6-8-18(16)29-3/h5-8,12,15H,4,9-11,13-14H2,1-3H3,(H,24,28). The van der Waals surface area contributed by atoms with E-state index in [4.69, 9.17) is 4.74 Å². The number of aromatic nitrogens is 3. The van der Waals surface area contributed by atoms with Crippen molar-refractivity contribution in [1.29, 1.82) is 0 Å². The molecule has 1 unspecified atom stereocenters. The van der Waals surface area contributed by atoms with Crippen molar-refractivity contribution in [3.63, 3.8) is 0 Å². The number of thiophene rings is 1. The topological polar surface area (TPSA) is 69.0 Å². The van der Waals surface area contributed by atoms with E-state index in [1.807, 2.05) is 47.2 Å². The zero-order valence-electron chi connectivity index (χ0n) is 18.2. The summed E-state index contributed by atoms with van der Waals surface area (Å²) in [5, 5.41) is 12.4. The molecular formula is C23H28N4O2S2. The highest BCUT2D eigenvalue weighted by atomic mass is 32.2. The Balaban J connectivity index is 1.36. The Hall–Kier alpha value is -2.32. The molecule has 0 fully saturated rings. The number of carbonyl (C=O) groups excluding carboxylic acids is 1. The van der Waals surface area contributed by atoms with Gasteiger partial charge in [0.05, 0.1) is 17.7 Å². The minimum atomic E-state index is -0.0438. The predicted octanol–water partition coefficient (Wildman–Crippen LogP) is 4.48. The number of rotatable bonds is 8. The fourth-order valence-corrected chi connectivity index (χ4v) is 5.91. The molecule has 3 aromatic rings. The van der Waals surface area contributed by atoms with Gasteiger partial charge >= 0.3 is 0 Å². The zero-order valence-corrected chi connectivity index (χ0v) is 19.8. The van der Waals surface area contributed by atoms with E-state index in [-0.39, 0.29) is 5.91 Å². The predicted molar refractivity (Wildman–Crippen MR) is 126 cm³/mol. The van der Waals surface area contributed by atoms with E-state index in [0.29, 0.717) is 12.3 Å². The molecule has 0 saturated carbocycles. The summed E-state index contributed by atoms with van der Waals surface area (Å²) in [7, 11) is 3.60. The van der Waals surface area contributed by atoms with Crippen molar-refractivity contribution in [2.45, 2.75) is 44.3 Å². The number of fused-ring (bicyclic) bond motifs is 1. The fourth-order valence-electron chi connectivity index (χ4n) is 3.94. The van der Waals surface area contributed by atoms with Gasteiger partial charge in [0.25, 0.3) is 0 Å². The molecule has 4 rings (SSSR count). The van der Waals surface area contributed by atoms with E-state index in [1.165, 1.54) is 52.8 Å². The lowest BCUT2D eigenvalue weighted by Crippen LogP contribution is -2.25. The van der Waals surface area contributed by atoms with E-state index in [2.05, 4.69) is 28.5 Å².